The molecule has 0 saturated carbocycles. The Morgan fingerprint density at radius 1 is 1.10 bits per heavy atom. The lowest BCUT2D eigenvalue weighted by molar-refractivity contribution is -0.122. The lowest BCUT2D eigenvalue weighted by atomic mass is 10.2. The van der Waals surface area contributed by atoms with Crippen LogP contribution < -0.4 is 19.5 Å². The number of rotatable bonds is 8. The highest BCUT2D eigenvalue weighted by Gasteiger charge is 2.15. The van der Waals surface area contributed by atoms with Crippen molar-refractivity contribution in [3.63, 3.8) is 0 Å². The highest BCUT2D eigenvalue weighted by atomic mass is 35.5. The summed E-state index contributed by atoms with van der Waals surface area (Å²) >= 11 is 5.67. The van der Waals surface area contributed by atoms with E-state index in [0.717, 1.165) is 11.8 Å². The summed E-state index contributed by atoms with van der Waals surface area (Å²) in [4.78, 5) is 16.1. The zero-order chi connectivity index (χ0) is 21.5. The van der Waals surface area contributed by atoms with Crippen molar-refractivity contribution in [2.45, 2.75) is 20.0 Å². The number of carbonyl (C=O) groups is 1. The predicted octanol–water partition coefficient (Wildman–Crippen LogP) is 5.47. The zero-order valence-corrected chi connectivity index (χ0v) is 17.2. The Labute approximate surface area is 178 Å². The average Bonchev–Trinajstić information content (AvgIpc) is 2.73. The van der Waals surface area contributed by atoms with E-state index in [1.165, 1.54) is 6.20 Å². The molecule has 0 aliphatic carbocycles. The molecule has 0 saturated heterocycles. The number of benzene rings is 2. The van der Waals surface area contributed by atoms with Crippen LogP contribution in [0.15, 0.2) is 60.8 Å². The monoisotopic (exact) mass is 430 g/mol. The van der Waals surface area contributed by atoms with Crippen molar-refractivity contribution in [1.29, 1.82) is 0 Å². The molecule has 156 valence electrons. The molecule has 30 heavy (non-hydrogen) atoms. The molecule has 1 heterocycles. The van der Waals surface area contributed by atoms with Gasteiger partial charge in [-0.15, -0.1) is 0 Å². The summed E-state index contributed by atoms with van der Waals surface area (Å²) in [5.41, 5.74) is 0.639. The van der Waals surface area contributed by atoms with Gasteiger partial charge >= 0.3 is 0 Å². The van der Waals surface area contributed by atoms with Gasteiger partial charge in [0.2, 0.25) is 0 Å². The number of pyridine rings is 1. The number of aromatic nitrogens is 1. The van der Waals surface area contributed by atoms with Crippen LogP contribution in [0.2, 0.25) is 5.02 Å². The van der Waals surface area contributed by atoms with Crippen LogP contribution >= 0.6 is 11.6 Å². The van der Waals surface area contributed by atoms with Gasteiger partial charge < -0.3 is 19.5 Å². The molecule has 3 aromatic rings. The third kappa shape index (κ3) is 5.84. The van der Waals surface area contributed by atoms with Crippen molar-refractivity contribution in [2.75, 3.05) is 11.9 Å². The summed E-state index contributed by atoms with van der Waals surface area (Å²) in [6, 6.07) is 14.6. The number of ether oxygens (including phenoxy) is 3. The molecule has 2 aromatic carbocycles. The van der Waals surface area contributed by atoms with Gasteiger partial charge in [0, 0.05) is 11.9 Å². The SMILES string of the molecule is CCOc1ccc(NC(=O)[C@@H](C)Oc2ccc(Oc3ncc(Cl)cc3F)cc2)cc1. The second kappa shape index (κ2) is 9.93. The second-order valence-corrected chi connectivity index (χ2v) is 6.66. The minimum atomic E-state index is -0.737. The van der Waals surface area contributed by atoms with Gasteiger partial charge in [-0.1, -0.05) is 11.6 Å². The fraction of sp³-hybridized carbons (Fsp3) is 0.182. The summed E-state index contributed by atoms with van der Waals surface area (Å²) in [5, 5.41) is 2.96. The lowest BCUT2D eigenvalue weighted by Gasteiger charge is -2.15. The van der Waals surface area contributed by atoms with Crippen molar-refractivity contribution in [3.05, 3.63) is 71.6 Å². The van der Waals surface area contributed by atoms with Gasteiger partial charge in [0.1, 0.15) is 17.2 Å². The topological polar surface area (TPSA) is 69.7 Å². The van der Waals surface area contributed by atoms with Gasteiger partial charge in [-0.2, -0.15) is 0 Å². The first-order chi connectivity index (χ1) is 14.4. The van der Waals surface area contributed by atoms with Crippen molar-refractivity contribution in [2.24, 2.45) is 0 Å². The Hall–Kier alpha value is -3.32. The first-order valence-corrected chi connectivity index (χ1v) is 9.61. The van der Waals surface area contributed by atoms with Crippen LogP contribution in [-0.2, 0) is 4.79 Å². The van der Waals surface area contributed by atoms with E-state index in [2.05, 4.69) is 10.3 Å². The van der Waals surface area contributed by atoms with Gasteiger partial charge in [0.25, 0.3) is 11.8 Å². The summed E-state index contributed by atoms with van der Waals surface area (Å²) in [6.45, 7) is 4.12. The Morgan fingerprint density at radius 2 is 1.73 bits per heavy atom. The van der Waals surface area contributed by atoms with Crippen molar-refractivity contribution >= 4 is 23.2 Å². The summed E-state index contributed by atoms with van der Waals surface area (Å²) in [5.74, 6) is 0.407. The zero-order valence-electron chi connectivity index (χ0n) is 16.4. The van der Waals surface area contributed by atoms with E-state index in [-0.39, 0.29) is 16.8 Å². The highest BCUT2D eigenvalue weighted by Crippen LogP contribution is 2.26. The third-order valence-corrected chi connectivity index (χ3v) is 4.13. The van der Waals surface area contributed by atoms with Crippen LogP contribution in [0.25, 0.3) is 0 Å². The number of halogens is 2. The summed E-state index contributed by atoms with van der Waals surface area (Å²) < 4.78 is 30.2. The van der Waals surface area contributed by atoms with Gasteiger partial charge in [-0.3, -0.25) is 4.79 Å². The summed E-state index contributed by atoms with van der Waals surface area (Å²) in [7, 11) is 0. The van der Waals surface area contributed by atoms with E-state index in [4.69, 9.17) is 25.8 Å². The Bertz CT molecular complexity index is 997. The second-order valence-electron chi connectivity index (χ2n) is 6.22. The number of hydrogen-bond donors (Lipinski definition) is 1. The van der Waals surface area contributed by atoms with E-state index in [0.29, 0.717) is 23.8 Å². The van der Waals surface area contributed by atoms with Gasteiger partial charge in [0.05, 0.1) is 11.6 Å². The first kappa shape index (κ1) is 21.4. The van der Waals surface area contributed by atoms with Crippen molar-refractivity contribution in [3.8, 4) is 23.1 Å². The molecule has 0 aliphatic heterocycles. The number of carbonyl (C=O) groups excluding carboxylic acids is 1. The van der Waals surface area contributed by atoms with E-state index in [1.807, 2.05) is 6.92 Å². The molecule has 0 radical (unpaired) electrons. The fourth-order valence-corrected chi connectivity index (χ4v) is 2.62. The molecule has 1 atom stereocenters. The minimum absolute atomic E-state index is 0.182. The van der Waals surface area contributed by atoms with Crippen LogP contribution in [0.4, 0.5) is 10.1 Å². The van der Waals surface area contributed by atoms with E-state index < -0.39 is 11.9 Å². The highest BCUT2D eigenvalue weighted by molar-refractivity contribution is 6.30. The number of nitrogens with zero attached hydrogens (tertiary/aromatic N) is 1. The quantitative estimate of drug-likeness (QED) is 0.513. The molecule has 0 aliphatic rings. The Kier molecular flexibility index (Phi) is 7.08. The first-order valence-electron chi connectivity index (χ1n) is 9.24. The standard InChI is InChI=1S/C22H20ClFN2O4/c1-3-28-17-6-4-16(5-7-17)26-21(27)14(2)29-18-8-10-19(11-9-18)30-22-20(24)12-15(23)13-25-22/h4-14H,3H2,1-2H3,(H,26,27)/t14-/m1/s1. The molecule has 1 aromatic heterocycles. The normalized spacial score (nSPS) is 11.5. The van der Waals surface area contributed by atoms with Gasteiger partial charge in [0.15, 0.2) is 11.9 Å². The lowest BCUT2D eigenvalue weighted by Crippen LogP contribution is -2.30. The Balaban J connectivity index is 1.55. The molecule has 0 unspecified atom stereocenters. The van der Waals surface area contributed by atoms with Crippen LogP contribution in [0.3, 0.4) is 0 Å². The molecule has 1 N–H and O–H groups in total. The van der Waals surface area contributed by atoms with E-state index in [1.54, 1.807) is 55.5 Å². The average molecular weight is 431 g/mol. The van der Waals surface area contributed by atoms with E-state index >= 15 is 0 Å². The number of anilines is 1. The van der Waals surface area contributed by atoms with Crippen LogP contribution in [-0.4, -0.2) is 23.6 Å². The van der Waals surface area contributed by atoms with Crippen LogP contribution in [0.1, 0.15) is 13.8 Å². The molecule has 6 nitrogen and oxygen atoms in total. The predicted molar refractivity (Wildman–Crippen MR) is 112 cm³/mol. The van der Waals surface area contributed by atoms with Crippen molar-refractivity contribution in [1.82, 2.24) is 4.98 Å². The number of hydrogen-bond acceptors (Lipinski definition) is 5. The van der Waals surface area contributed by atoms with Crippen LogP contribution in [0, 0.1) is 5.82 Å². The molecule has 0 bridgehead atoms. The molecule has 8 heteroatoms. The maximum atomic E-state index is 13.8. The summed E-state index contributed by atoms with van der Waals surface area (Å²) in [6.07, 6.45) is 0.556. The van der Waals surface area contributed by atoms with Gasteiger partial charge in [-0.05, 0) is 68.4 Å². The number of amides is 1. The fourth-order valence-electron chi connectivity index (χ4n) is 2.48. The van der Waals surface area contributed by atoms with E-state index in [9.17, 15) is 9.18 Å². The van der Waals surface area contributed by atoms with Crippen molar-refractivity contribution < 1.29 is 23.4 Å². The molecule has 0 spiro atoms. The van der Waals surface area contributed by atoms with Crippen LogP contribution in [0.5, 0.6) is 23.1 Å². The molecule has 0 fully saturated rings. The number of nitrogens with one attached hydrogen (secondary N) is 1. The third-order valence-electron chi connectivity index (χ3n) is 3.93. The maximum Gasteiger partial charge on any atom is 0.265 e. The smallest absolute Gasteiger partial charge is 0.265 e. The largest absolute Gasteiger partial charge is 0.494 e. The molecular weight excluding hydrogens is 411 g/mol. The molecule has 3 rings (SSSR count). The minimum Gasteiger partial charge on any atom is -0.494 e. The van der Waals surface area contributed by atoms with Gasteiger partial charge in [-0.25, -0.2) is 9.37 Å². The maximum absolute atomic E-state index is 13.8. The Morgan fingerprint density at radius 3 is 2.37 bits per heavy atom. The molecular formula is C22H20ClFN2O4. The molecule has 1 amide bonds.